The molecular weight excluding hydrogens is 492 g/mol. The minimum atomic E-state index is -0.845. The highest BCUT2D eigenvalue weighted by atomic mass is 16.4. The van der Waals surface area contributed by atoms with E-state index >= 15 is 0 Å². The number of aryl methyl sites for hydroxylation is 2. The maximum atomic E-state index is 12.1. The van der Waals surface area contributed by atoms with Gasteiger partial charge in [0.15, 0.2) is 5.82 Å². The minimum absolute atomic E-state index is 0.0783. The molecule has 3 aromatic rings. The van der Waals surface area contributed by atoms with Crippen LogP contribution in [0.5, 0.6) is 0 Å². The zero-order valence-corrected chi connectivity index (χ0v) is 23.9. The lowest BCUT2D eigenvalue weighted by molar-refractivity contribution is 0.0171. The van der Waals surface area contributed by atoms with E-state index < -0.39 is 17.2 Å². The molecule has 2 N–H and O–H groups in total. The molecule has 6 rings (SSSR count). The first-order valence-electron chi connectivity index (χ1n) is 14.1. The van der Waals surface area contributed by atoms with E-state index in [4.69, 9.17) is 15.1 Å². The van der Waals surface area contributed by atoms with Crippen LogP contribution in [-0.4, -0.2) is 71.2 Å². The Labute approximate surface area is 229 Å². The Kier molecular flexibility index (Phi) is 5.78. The van der Waals surface area contributed by atoms with Gasteiger partial charge in [0.25, 0.3) is 0 Å². The van der Waals surface area contributed by atoms with Crippen LogP contribution < -0.4 is 4.90 Å². The molecule has 2 bridgehead atoms. The second-order valence-electron chi connectivity index (χ2n) is 13.4. The van der Waals surface area contributed by atoms with Crippen molar-refractivity contribution in [3.8, 4) is 5.82 Å². The number of carboxylic acid groups (broad SMARTS) is 1. The zero-order chi connectivity index (χ0) is 27.9. The van der Waals surface area contributed by atoms with Crippen LogP contribution >= 0.6 is 0 Å². The Balaban J connectivity index is 1.36. The van der Waals surface area contributed by atoms with Gasteiger partial charge in [-0.2, -0.15) is 5.10 Å². The number of hydrogen-bond donors (Lipinski definition) is 2. The fourth-order valence-corrected chi connectivity index (χ4v) is 7.37. The Bertz CT molecular complexity index is 1450. The third-order valence-corrected chi connectivity index (χ3v) is 9.76. The van der Waals surface area contributed by atoms with E-state index in [1.165, 1.54) is 11.1 Å². The Hall–Kier alpha value is -3.20. The summed E-state index contributed by atoms with van der Waals surface area (Å²) in [6, 6.07) is 6.55. The topological polar surface area (TPSA) is 108 Å². The molecular formula is C30H40N6O3. The van der Waals surface area contributed by atoms with E-state index in [1.54, 1.807) is 4.90 Å². The summed E-state index contributed by atoms with van der Waals surface area (Å²) in [5.41, 5.74) is 2.37. The summed E-state index contributed by atoms with van der Waals surface area (Å²) >= 11 is 0. The van der Waals surface area contributed by atoms with Gasteiger partial charge in [0.05, 0.1) is 28.9 Å². The van der Waals surface area contributed by atoms with E-state index in [2.05, 4.69) is 44.7 Å². The molecule has 2 saturated heterocycles. The number of aliphatic hydroxyl groups is 1. The average Bonchev–Trinajstić information content (AvgIpc) is 3.55. The van der Waals surface area contributed by atoms with Gasteiger partial charge in [0.1, 0.15) is 11.6 Å². The predicted octanol–water partition coefficient (Wildman–Crippen LogP) is 5.20. The van der Waals surface area contributed by atoms with E-state index in [9.17, 15) is 15.0 Å². The molecule has 2 aliphatic heterocycles. The molecule has 1 aliphatic carbocycles. The number of hydrogen-bond acceptors (Lipinski definition) is 6. The lowest BCUT2D eigenvalue weighted by atomic mass is 9.73. The number of aromatic nitrogens is 4. The molecule has 1 amide bonds. The summed E-state index contributed by atoms with van der Waals surface area (Å²) in [6.45, 7) is 13.5. The number of likely N-dealkylation sites (tertiary alicyclic amines) is 1. The monoisotopic (exact) mass is 532 g/mol. The third-order valence-electron chi connectivity index (χ3n) is 9.76. The van der Waals surface area contributed by atoms with Crippen molar-refractivity contribution < 1.29 is 15.0 Å². The van der Waals surface area contributed by atoms with Crippen molar-refractivity contribution >= 4 is 22.8 Å². The van der Waals surface area contributed by atoms with Crippen molar-refractivity contribution in [2.45, 2.75) is 96.7 Å². The number of piperazine rings is 1. The van der Waals surface area contributed by atoms with Crippen LogP contribution in [0.4, 0.5) is 10.6 Å². The van der Waals surface area contributed by atoms with Gasteiger partial charge in [0, 0.05) is 24.5 Å². The lowest BCUT2D eigenvalue weighted by Gasteiger charge is -2.48. The SMILES string of the molecule is Cc1nc(N2C[C@]3(C(C)(C)C)C[C@@H]2CN3C(=O)O)cc(-n2ncc3cc(C)c(C4CCC(C)(O)CC4)cc32)n1. The number of rotatable bonds is 3. The molecule has 4 heterocycles. The van der Waals surface area contributed by atoms with E-state index in [-0.39, 0.29) is 11.5 Å². The van der Waals surface area contributed by atoms with Gasteiger partial charge in [-0.05, 0) is 87.5 Å². The highest BCUT2D eigenvalue weighted by Gasteiger charge is 2.62. The van der Waals surface area contributed by atoms with Crippen molar-refractivity contribution in [3.63, 3.8) is 0 Å². The number of carbonyl (C=O) groups is 1. The smallest absolute Gasteiger partial charge is 0.407 e. The fourth-order valence-electron chi connectivity index (χ4n) is 7.37. The Morgan fingerprint density at radius 1 is 1.08 bits per heavy atom. The van der Waals surface area contributed by atoms with E-state index in [0.717, 1.165) is 54.6 Å². The third kappa shape index (κ3) is 4.17. The average molecular weight is 533 g/mol. The molecule has 0 radical (unpaired) electrons. The summed E-state index contributed by atoms with van der Waals surface area (Å²) in [5, 5.41) is 26.2. The van der Waals surface area contributed by atoms with Gasteiger partial charge < -0.3 is 15.1 Å². The van der Waals surface area contributed by atoms with E-state index in [1.807, 2.05) is 30.8 Å². The van der Waals surface area contributed by atoms with Crippen LogP contribution in [0.3, 0.4) is 0 Å². The number of nitrogens with zero attached hydrogens (tertiary/aromatic N) is 6. The number of fused-ring (bicyclic) bond motifs is 3. The van der Waals surface area contributed by atoms with Gasteiger partial charge in [-0.1, -0.05) is 20.8 Å². The van der Waals surface area contributed by atoms with Crippen molar-refractivity contribution in [1.82, 2.24) is 24.6 Å². The molecule has 1 saturated carbocycles. The molecule has 2 aromatic heterocycles. The lowest BCUT2D eigenvalue weighted by Crippen LogP contribution is -2.61. The molecule has 9 heteroatoms. The number of amides is 1. The highest BCUT2D eigenvalue weighted by Crippen LogP contribution is 2.51. The second kappa shape index (κ2) is 8.65. The minimum Gasteiger partial charge on any atom is -0.465 e. The van der Waals surface area contributed by atoms with E-state index in [0.29, 0.717) is 24.8 Å². The van der Waals surface area contributed by atoms with Crippen LogP contribution in [0.1, 0.15) is 82.7 Å². The second-order valence-corrected chi connectivity index (χ2v) is 13.4. The largest absolute Gasteiger partial charge is 0.465 e. The molecule has 39 heavy (non-hydrogen) atoms. The van der Waals surface area contributed by atoms with Crippen molar-refractivity contribution in [1.29, 1.82) is 0 Å². The fraction of sp³-hybridized carbons (Fsp3) is 0.600. The van der Waals surface area contributed by atoms with Crippen molar-refractivity contribution in [2.75, 3.05) is 18.0 Å². The van der Waals surface area contributed by atoms with Crippen LogP contribution in [0, 0.1) is 19.3 Å². The molecule has 208 valence electrons. The van der Waals surface area contributed by atoms with Crippen LogP contribution in [0.25, 0.3) is 16.7 Å². The molecule has 9 nitrogen and oxygen atoms in total. The van der Waals surface area contributed by atoms with Crippen LogP contribution in [-0.2, 0) is 0 Å². The first-order chi connectivity index (χ1) is 18.3. The van der Waals surface area contributed by atoms with Gasteiger partial charge in [-0.15, -0.1) is 0 Å². The molecule has 3 fully saturated rings. The molecule has 0 unspecified atom stereocenters. The van der Waals surface area contributed by atoms with Gasteiger partial charge in [-0.25, -0.2) is 19.4 Å². The summed E-state index contributed by atoms with van der Waals surface area (Å²) in [7, 11) is 0. The Morgan fingerprint density at radius 2 is 1.77 bits per heavy atom. The zero-order valence-electron chi connectivity index (χ0n) is 23.9. The quantitative estimate of drug-likeness (QED) is 0.477. The summed E-state index contributed by atoms with van der Waals surface area (Å²) in [4.78, 5) is 25.6. The molecule has 2 atom stereocenters. The maximum absolute atomic E-state index is 12.1. The maximum Gasteiger partial charge on any atom is 0.407 e. The standard InChI is InChI=1S/C30H40N6O3/c1-18-11-21-15-31-36(24(21)12-23(18)20-7-9-29(6,39)10-8-20)26-13-25(32-19(2)33-26)34-17-30(28(3,4)5)14-22(34)16-35(30)27(37)38/h11-13,15,20,22,39H,7-10,14,16-17H2,1-6H3,(H,37,38)/t20?,22-,29?,30+/m1/s1. The summed E-state index contributed by atoms with van der Waals surface area (Å²) in [6.07, 6.45) is 5.43. The predicted molar refractivity (Wildman–Crippen MR) is 151 cm³/mol. The molecule has 0 spiro atoms. The summed E-state index contributed by atoms with van der Waals surface area (Å²) in [5.74, 6) is 2.63. The van der Waals surface area contributed by atoms with Crippen molar-refractivity contribution in [3.05, 3.63) is 41.3 Å². The van der Waals surface area contributed by atoms with Gasteiger partial charge in [0.2, 0.25) is 0 Å². The van der Waals surface area contributed by atoms with Gasteiger partial charge >= 0.3 is 6.09 Å². The first kappa shape index (κ1) is 26.0. The first-order valence-corrected chi connectivity index (χ1v) is 14.1. The van der Waals surface area contributed by atoms with Crippen molar-refractivity contribution in [2.24, 2.45) is 5.41 Å². The Morgan fingerprint density at radius 3 is 2.44 bits per heavy atom. The number of benzene rings is 1. The molecule has 1 aromatic carbocycles. The number of anilines is 1. The van der Waals surface area contributed by atoms with Gasteiger partial charge in [-0.3, -0.25) is 4.90 Å². The highest BCUT2D eigenvalue weighted by molar-refractivity contribution is 5.82. The molecule has 3 aliphatic rings. The normalized spacial score (nSPS) is 29.0. The van der Waals surface area contributed by atoms with Crippen LogP contribution in [0.15, 0.2) is 24.4 Å². The van der Waals surface area contributed by atoms with Crippen LogP contribution in [0.2, 0.25) is 0 Å². The summed E-state index contributed by atoms with van der Waals surface area (Å²) < 4.78 is 1.91.